The van der Waals surface area contributed by atoms with Gasteiger partial charge in [0.15, 0.2) is 0 Å². The van der Waals surface area contributed by atoms with E-state index in [0.717, 1.165) is 25.1 Å². The van der Waals surface area contributed by atoms with Crippen LogP contribution in [0.1, 0.15) is 23.2 Å². The summed E-state index contributed by atoms with van der Waals surface area (Å²) in [6.45, 7) is 3.02. The van der Waals surface area contributed by atoms with Crippen LogP contribution in [0.5, 0.6) is 0 Å². The zero-order chi connectivity index (χ0) is 15.1. The van der Waals surface area contributed by atoms with Gasteiger partial charge in [0.25, 0.3) is 5.91 Å². The van der Waals surface area contributed by atoms with Gasteiger partial charge in [-0.2, -0.15) is 0 Å². The molecule has 0 aromatic heterocycles. The Morgan fingerprint density at radius 1 is 1.43 bits per heavy atom. The van der Waals surface area contributed by atoms with Gasteiger partial charge in [-0.1, -0.05) is 0 Å². The minimum Gasteiger partial charge on any atom is -0.383 e. The van der Waals surface area contributed by atoms with E-state index in [1.807, 2.05) is 35.4 Å². The Bertz CT molecular complexity index is 444. The van der Waals surface area contributed by atoms with Crippen LogP contribution in [-0.2, 0) is 4.74 Å². The molecule has 0 aliphatic carbocycles. The van der Waals surface area contributed by atoms with E-state index in [2.05, 4.69) is 5.32 Å². The minimum atomic E-state index is 0.0911. The van der Waals surface area contributed by atoms with Crippen molar-refractivity contribution in [3.63, 3.8) is 0 Å². The summed E-state index contributed by atoms with van der Waals surface area (Å²) in [4.78, 5) is 15.8. The van der Waals surface area contributed by atoms with Gasteiger partial charge in [-0.3, -0.25) is 4.79 Å². The molecule has 1 N–H and O–H groups in total. The van der Waals surface area contributed by atoms with Gasteiger partial charge in [0, 0.05) is 36.7 Å². The molecule has 1 aromatic carbocycles. The Balaban J connectivity index is 2.03. The van der Waals surface area contributed by atoms with Crippen LogP contribution in [0.3, 0.4) is 0 Å². The van der Waals surface area contributed by atoms with Crippen molar-refractivity contribution in [2.24, 2.45) is 0 Å². The lowest BCUT2D eigenvalue weighted by molar-refractivity contribution is 0.0679. The molecule has 2 rings (SSSR count). The predicted molar refractivity (Wildman–Crippen MR) is 87.0 cm³/mol. The average Bonchev–Trinajstić information content (AvgIpc) is 3.04. The van der Waals surface area contributed by atoms with E-state index in [0.29, 0.717) is 19.2 Å². The summed E-state index contributed by atoms with van der Waals surface area (Å²) in [6, 6.07) is 8.24. The maximum Gasteiger partial charge on any atom is 0.253 e. The summed E-state index contributed by atoms with van der Waals surface area (Å²) in [5, 5.41) is 3.45. The second-order valence-electron chi connectivity index (χ2n) is 5.27. The second-order valence-corrected chi connectivity index (χ2v) is 6.15. The first-order valence-corrected chi connectivity index (χ1v) is 8.62. The molecule has 0 saturated carbocycles. The lowest BCUT2D eigenvalue weighted by Crippen LogP contribution is -2.42. The van der Waals surface area contributed by atoms with Crippen LogP contribution < -0.4 is 5.32 Å². The summed E-state index contributed by atoms with van der Waals surface area (Å²) >= 11 is 1.68. The van der Waals surface area contributed by atoms with Crippen LogP contribution in [0.2, 0.25) is 0 Å². The molecule has 4 nitrogen and oxygen atoms in total. The van der Waals surface area contributed by atoms with E-state index in [9.17, 15) is 4.79 Å². The molecule has 21 heavy (non-hydrogen) atoms. The normalized spacial score (nSPS) is 17.9. The van der Waals surface area contributed by atoms with Crippen LogP contribution >= 0.6 is 11.8 Å². The summed E-state index contributed by atoms with van der Waals surface area (Å²) in [5.41, 5.74) is 0.752. The van der Waals surface area contributed by atoms with Gasteiger partial charge in [-0.25, -0.2) is 0 Å². The average molecular weight is 308 g/mol. The van der Waals surface area contributed by atoms with E-state index in [-0.39, 0.29) is 5.91 Å². The number of hydrogen-bond acceptors (Lipinski definition) is 4. The van der Waals surface area contributed by atoms with Gasteiger partial charge in [0.2, 0.25) is 0 Å². The number of thioether (sulfide) groups is 1. The molecule has 1 amide bonds. The van der Waals surface area contributed by atoms with Crippen molar-refractivity contribution >= 4 is 17.7 Å². The molecule has 1 aliphatic rings. The number of hydrogen-bond donors (Lipinski definition) is 1. The Labute approximate surface area is 131 Å². The molecule has 5 heteroatoms. The Hall–Kier alpha value is -1.04. The standard InChI is InChI=1S/C16H24N2O2S/c1-20-11-10-18(12-14-4-3-9-17-14)16(19)13-5-7-15(21-2)8-6-13/h5-8,14,17H,3-4,9-12H2,1-2H3. The zero-order valence-corrected chi connectivity index (χ0v) is 13.6. The van der Waals surface area contributed by atoms with Crippen molar-refractivity contribution in [3.05, 3.63) is 29.8 Å². The van der Waals surface area contributed by atoms with E-state index in [4.69, 9.17) is 4.74 Å². The molecular formula is C16H24N2O2S. The second kappa shape index (κ2) is 8.41. The Kier molecular flexibility index (Phi) is 6.54. The zero-order valence-electron chi connectivity index (χ0n) is 12.8. The molecule has 0 radical (unpaired) electrons. The van der Waals surface area contributed by atoms with Gasteiger partial charge in [0.1, 0.15) is 0 Å². The number of nitrogens with zero attached hydrogens (tertiary/aromatic N) is 1. The fourth-order valence-corrected chi connectivity index (χ4v) is 2.98. The van der Waals surface area contributed by atoms with Crippen molar-refractivity contribution in [1.82, 2.24) is 10.2 Å². The Morgan fingerprint density at radius 3 is 2.76 bits per heavy atom. The molecule has 1 aliphatic heterocycles. The summed E-state index contributed by atoms with van der Waals surface area (Å²) in [5.74, 6) is 0.0911. The molecular weight excluding hydrogens is 284 g/mol. The van der Waals surface area contributed by atoms with Crippen LogP contribution in [0, 0.1) is 0 Å². The van der Waals surface area contributed by atoms with Gasteiger partial charge < -0.3 is 15.0 Å². The predicted octanol–water partition coefficient (Wildman–Crippen LogP) is 2.25. The molecule has 1 atom stereocenters. The van der Waals surface area contributed by atoms with Crippen molar-refractivity contribution < 1.29 is 9.53 Å². The highest BCUT2D eigenvalue weighted by Gasteiger charge is 2.22. The monoisotopic (exact) mass is 308 g/mol. The van der Waals surface area contributed by atoms with Crippen molar-refractivity contribution in [1.29, 1.82) is 0 Å². The minimum absolute atomic E-state index is 0.0911. The fourth-order valence-electron chi connectivity index (χ4n) is 2.57. The highest BCUT2D eigenvalue weighted by molar-refractivity contribution is 7.98. The van der Waals surface area contributed by atoms with Crippen LogP contribution in [0.25, 0.3) is 0 Å². The van der Waals surface area contributed by atoms with E-state index >= 15 is 0 Å². The van der Waals surface area contributed by atoms with Gasteiger partial charge in [-0.05, 0) is 49.9 Å². The SMILES string of the molecule is COCCN(CC1CCCN1)C(=O)c1ccc(SC)cc1. The maximum atomic E-state index is 12.7. The maximum absolute atomic E-state index is 12.7. The van der Waals surface area contributed by atoms with E-state index < -0.39 is 0 Å². The van der Waals surface area contributed by atoms with Crippen LogP contribution in [-0.4, -0.2) is 56.5 Å². The third-order valence-corrected chi connectivity index (χ3v) is 4.54. The number of rotatable bonds is 7. The third-order valence-electron chi connectivity index (χ3n) is 3.79. The first kappa shape index (κ1) is 16.3. The lowest BCUT2D eigenvalue weighted by atomic mass is 10.1. The van der Waals surface area contributed by atoms with Crippen LogP contribution in [0.4, 0.5) is 0 Å². The number of methoxy groups -OCH3 is 1. The summed E-state index contributed by atoms with van der Waals surface area (Å²) < 4.78 is 5.14. The summed E-state index contributed by atoms with van der Waals surface area (Å²) in [7, 11) is 1.67. The molecule has 1 aromatic rings. The van der Waals surface area contributed by atoms with Crippen molar-refractivity contribution in [2.75, 3.05) is 39.6 Å². The smallest absolute Gasteiger partial charge is 0.253 e. The molecule has 1 heterocycles. The topological polar surface area (TPSA) is 41.6 Å². The van der Waals surface area contributed by atoms with Crippen molar-refractivity contribution in [3.8, 4) is 0 Å². The number of carbonyl (C=O) groups is 1. The van der Waals surface area contributed by atoms with Crippen LogP contribution in [0.15, 0.2) is 29.2 Å². The lowest BCUT2D eigenvalue weighted by Gasteiger charge is -2.26. The first-order valence-electron chi connectivity index (χ1n) is 7.40. The number of benzene rings is 1. The van der Waals surface area contributed by atoms with Crippen molar-refractivity contribution in [2.45, 2.75) is 23.8 Å². The third kappa shape index (κ3) is 4.73. The van der Waals surface area contributed by atoms with Gasteiger partial charge in [0.05, 0.1) is 6.61 Å². The fraction of sp³-hybridized carbons (Fsp3) is 0.562. The molecule has 1 unspecified atom stereocenters. The molecule has 1 fully saturated rings. The summed E-state index contributed by atoms with van der Waals surface area (Å²) in [6.07, 6.45) is 4.37. The van der Waals surface area contributed by atoms with Gasteiger partial charge in [-0.15, -0.1) is 11.8 Å². The van der Waals surface area contributed by atoms with E-state index in [1.54, 1.807) is 18.9 Å². The number of carbonyl (C=O) groups excluding carboxylic acids is 1. The highest BCUT2D eigenvalue weighted by Crippen LogP contribution is 2.16. The molecule has 0 bridgehead atoms. The largest absolute Gasteiger partial charge is 0.383 e. The highest BCUT2D eigenvalue weighted by atomic mass is 32.2. The van der Waals surface area contributed by atoms with Gasteiger partial charge >= 0.3 is 0 Å². The quantitative estimate of drug-likeness (QED) is 0.785. The number of amides is 1. The van der Waals surface area contributed by atoms with E-state index in [1.165, 1.54) is 11.3 Å². The number of ether oxygens (including phenoxy) is 1. The first-order chi connectivity index (χ1) is 10.2. The molecule has 116 valence electrons. The molecule has 1 saturated heterocycles. The molecule has 0 spiro atoms. The number of nitrogens with one attached hydrogen (secondary N) is 1. The Morgan fingerprint density at radius 2 is 2.19 bits per heavy atom.